The highest BCUT2D eigenvalue weighted by atomic mass is 32.2. The number of benzene rings is 1. The predicted octanol–water partition coefficient (Wildman–Crippen LogP) is 6.59. The van der Waals surface area contributed by atoms with Crippen LogP contribution in [0, 0.1) is 22.2 Å². The van der Waals surface area contributed by atoms with Crippen molar-refractivity contribution in [1.29, 1.82) is 0 Å². The van der Waals surface area contributed by atoms with E-state index in [1.807, 2.05) is 6.92 Å². The molecule has 0 fully saturated rings. The Balaban J connectivity index is 3.03. The van der Waals surface area contributed by atoms with Crippen molar-refractivity contribution >= 4 is 10.1 Å². The fourth-order valence-corrected chi connectivity index (χ4v) is 7.50. The molecule has 0 bridgehead atoms. The summed E-state index contributed by atoms with van der Waals surface area (Å²) in [5.74, 6) is 0.0273. The van der Waals surface area contributed by atoms with Gasteiger partial charge >= 0.3 is 10.1 Å². The molecule has 0 amide bonds. The minimum absolute atomic E-state index is 0.0181. The third kappa shape index (κ3) is 5.61. The maximum Gasteiger partial charge on any atom is 0.302 e. The molecule has 6 nitrogen and oxygen atoms in total. The van der Waals surface area contributed by atoms with Gasteiger partial charge in [-0.05, 0) is 36.0 Å². The highest BCUT2D eigenvalue weighted by molar-refractivity contribution is 7.86. The SMILES string of the molecule is CCCc1c(OC)c(S(=O)(=O)O)c(O)c2c1C(C(C)(C)CC(C)(C)C)C(C)(CC(C)C)CO2. The first kappa shape index (κ1) is 27.8. The van der Waals surface area contributed by atoms with Crippen molar-refractivity contribution in [1.82, 2.24) is 0 Å². The minimum Gasteiger partial charge on any atom is -0.503 e. The van der Waals surface area contributed by atoms with E-state index >= 15 is 0 Å². The number of hydrogen-bond donors (Lipinski definition) is 2. The Kier molecular flexibility index (Phi) is 7.82. The van der Waals surface area contributed by atoms with Gasteiger partial charge < -0.3 is 14.6 Å². The van der Waals surface area contributed by atoms with E-state index in [4.69, 9.17) is 9.47 Å². The van der Waals surface area contributed by atoms with Crippen molar-refractivity contribution in [3.8, 4) is 17.2 Å². The maximum absolute atomic E-state index is 12.3. The average molecular weight is 485 g/mol. The van der Waals surface area contributed by atoms with Crippen LogP contribution in [0.5, 0.6) is 17.2 Å². The van der Waals surface area contributed by atoms with Crippen LogP contribution in [0.25, 0.3) is 0 Å². The van der Waals surface area contributed by atoms with Crippen LogP contribution in [-0.2, 0) is 16.5 Å². The summed E-state index contributed by atoms with van der Waals surface area (Å²) in [5.41, 5.74) is 1.14. The number of fused-ring (bicyclic) bond motifs is 1. The van der Waals surface area contributed by atoms with Crippen molar-refractivity contribution in [3.05, 3.63) is 11.1 Å². The summed E-state index contributed by atoms with van der Waals surface area (Å²) < 4.78 is 46.2. The van der Waals surface area contributed by atoms with Gasteiger partial charge in [0.05, 0.1) is 13.7 Å². The third-order valence-corrected chi connectivity index (χ3v) is 7.51. The second-order valence-electron chi connectivity index (χ2n) is 12.4. The van der Waals surface area contributed by atoms with Crippen molar-refractivity contribution < 1.29 is 27.6 Å². The summed E-state index contributed by atoms with van der Waals surface area (Å²) >= 11 is 0. The zero-order valence-electron chi connectivity index (χ0n) is 22.1. The molecule has 0 aliphatic carbocycles. The highest BCUT2D eigenvalue weighted by Gasteiger charge is 2.52. The molecule has 1 aliphatic rings. The van der Waals surface area contributed by atoms with Gasteiger partial charge in [-0.2, -0.15) is 8.42 Å². The van der Waals surface area contributed by atoms with Crippen molar-refractivity contribution in [2.75, 3.05) is 13.7 Å². The van der Waals surface area contributed by atoms with Crippen molar-refractivity contribution in [2.45, 2.75) is 98.8 Å². The van der Waals surface area contributed by atoms with Gasteiger partial charge in [0.2, 0.25) is 0 Å². The lowest BCUT2D eigenvalue weighted by molar-refractivity contribution is 0.00721. The predicted molar refractivity (Wildman–Crippen MR) is 132 cm³/mol. The highest BCUT2D eigenvalue weighted by Crippen LogP contribution is 2.63. The van der Waals surface area contributed by atoms with Crippen LogP contribution in [0.3, 0.4) is 0 Å². The van der Waals surface area contributed by atoms with E-state index in [9.17, 15) is 18.1 Å². The lowest BCUT2D eigenvalue weighted by Gasteiger charge is -2.53. The number of aromatic hydroxyl groups is 1. The molecule has 0 saturated heterocycles. The second kappa shape index (κ2) is 9.29. The maximum atomic E-state index is 12.3. The van der Waals surface area contributed by atoms with E-state index < -0.39 is 20.8 Å². The summed E-state index contributed by atoms with van der Waals surface area (Å²) in [5, 5.41) is 11.1. The molecule has 2 atom stereocenters. The van der Waals surface area contributed by atoms with Gasteiger partial charge in [-0.25, -0.2) is 0 Å². The molecular formula is C26H44O6S. The third-order valence-electron chi connectivity index (χ3n) is 6.62. The van der Waals surface area contributed by atoms with Gasteiger partial charge in [0.15, 0.2) is 16.4 Å². The number of phenolic OH excluding ortho intramolecular Hbond substituents is 1. The van der Waals surface area contributed by atoms with Gasteiger partial charge in [0.25, 0.3) is 0 Å². The van der Waals surface area contributed by atoms with Crippen LogP contribution in [-0.4, -0.2) is 31.8 Å². The Morgan fingerprint density at radius 1 is 1.21 bits per heavy atom. The number of phenols is 1. The average Bonchev–Trinajstić information content (AvgIpc) is 2.58. The van der Waals surface area contributed by atoms with Crippen LogP contribution >= 0.6 is 0 Å². The Morgan fingerprint density at radius 2 is 1.79 bits per heavy atom. The van der Waals surface area contributed by atoms with E-state index in [0.717, 1.165) is 24.8 Å². The van der Waals surface area contributed by atoms with Gasteiger partial charge in [0, 0.05) is 22.5 Å². The molecule has 1 aromatic rings. The number of rotatable bonds is 8. The van der Waals surface area contributed by atoms with Crippen LogP contribution in [0.1, 0.15) is 98.6 Å². The molecule has 0 spiro atoms. The van der Waals surface area contributed by atoms with Crippen LogP contribution in [0.4, 0.5) is 0 Å². The molecule has 0 radical (unpaired) electrons. The number of ether oxygens (including phenoxy) is 2. The Morgan fingerprint density at radius 3 is 2.21 bits per heavy atom. The topological polar surface area (TPSA) is 93.1 Å². The monoisotopic (exact) mass is 484 g/mol. The lowest BCUT2D eigenvalue weighted by atomic mass is 9.54. The number of hydrogen-bond acceptors (Lipinski definition) is 5. The van der Waals surface area contributed by atoms with E-state index in [-0.39, 0.29) is 33.7 Å². The van der Waals surface area contributed by atoms with E-state index in [1.165, 1.54) is 7.11 Å². The lowest BCUT2D eigenvalue weighted by Crippen LogP contribution is -2.46. The van der Waals surface area contributed by atoms with Gasteiger partial charge in [-0.15, -0.1) is 0 Å². The molecule has 1 heterocycles. The molecule has 0 saturated carbocycles. The summed E-state index contributed by atoms with van der Waals surface area (Å²) in [4.78, 5) is -0.605. The van der Waals surface area contributed by atoms with Crippen molar-refractivity contribution in [3.63, 3.8) is 0 Å². The van der Waals surface area contributed by atoms with Crippen LogP contribution in [0.2, 0.25) is 0 Å². The van der Waals surface area contributed by atoms with E-state index in [1.54, 1.807) is 0 Å². The first-order chi connectivity index (χ1) is 14.9. The fourth-order valence-electron chi connectivity index (χ4n) is 6.72. The largest absolute Gasteiger partial charge is 0.503 e. The quantitative estimate of drug-likeness (QED) is 0.404. The Hall–Kier alpha value is -1.47. The molecule has 1 aliphatic heterocycles. The fraction of sp³-hybridized carbons (Fsp3) is 0.769. The number of methoxy groups -OCH3 is 1. The first-order valence-corrected chi connectivity index (χ1v) is 13.4. The molecule has 2 unspecified atom stereocenters. The molecule has 2 rings (SSSR count). The molecule has 1 aromatic carbocycles. The molecule has 0 aromatic heterocycles. The molecule has 7 heteroatoms. The smallest absolute Gasteiger partial charge is 0.302 e. The second-order valence-corrected chi connectivity index (χ2v) is 13.7. The Bertz CT molecular complexity index is 972. The standard InChI is InChI=1S/C26H44O6S/c1-11-12-17-18-21(19(27)22(20(17)31-10)33(28,29)30)32-15-26(9,13-16(2)3)23(18)25(7,8)14-24(4,5)6/h16,23,27H,11-15H2,1-10H3,(H,28,29,30). The molecule has 2 N–H and O–H groups in total. The molecule has 33 heavy (non-hydrogen) atoms. The normalized spacial score (nSPS) is 21.6. The van der Waals surface area contributed by atoms with Gasteiger partial charge in [0.1, 0.15) is 5.75 Å². The van der Waals surface area contributed by atoms with Crippen molar-refractivity contribution in [2.24, 2.45) is 22.2 Å². The zero-order valence-corrected chi connectivity index (χ0v) is 22.9. The summed E-state index contributed by atoms with van der Waals surface area (Å²) in [6.45, 7) is 20.2. The van der Waals surface area contributed by atoms with E-state index in [0.29, 0.717) is 24.5 Å². The summed E-state index contributed by atoms with van der Waals surface area (Å²) in [6.07, 6.45) is 3.12. The van der Waals surface area contributed by atoms with Gasteiger partial charge in [-0.3, -0.25) is 4.55 Å². The van der Waals surface area contributed by atoms with Crippen LogP contribution in [0.15, 0.2) is 4.90 Å². The van der Waals surface area contributed by atoms with Gasteiger partial charge in [-0.1, -0.05) is 68.7 Å². The summed E-state index contributed by atoms with van der Waals surface area (Å²) in [7, 11) is -3.36. The molecule has 190 valence electrons. The van der Waals surface area contributed by atoms with Crippen LogP contribution < -0.4 is 9.47 Å². The minimum atomic E-state index is -4.74. The van der Waals surface area contributed by atoms with E-state index in [2.05, 4.69) is 55.4 Å². The molecular weight excluding hydrogens is 440 g/mol. The first-order valence-electron chi connectivity index (χ1n) is 12.0. The Labute approximate surface area is 200 Å². The zero-order chi connectivity index (χ0) is 25.6. The summed E-state index contributed by atoms with van der Waals surface area (Å²) in [6, 6.07) is 0.